The summed E-state index contributed by atoms with van der Waals surface area (Å²) in [6.07, 6.45) is 1.66. The van der Waals surface area contributed by atoms with Crippen LogP contribution < -0.4 is 4.74 Å². The number of aryl methyl sites for hydroxylation is 3. The zero-order valence-electron chi connectivity index (χ0n) is 13.4. The molecule has 122 valence electrons. The van der Waals surface area contributed by atoms with Crippen LogP contribution in [0.1, 0.15) is 39.7 Å². The van der Waals surface area contributed by atoms with Gasteiger partial charge in [-0.2, -0.15) is 4.98 Å². The molecule has 0 spiro atoms. The van der Waals surface area contributed by atoms with E-state index in [2.05, 4.69) is 19.6 Å². The number of carbonyl (C=O) groups is 1. The number of hydrogen-bond donors (Lipinski definition) is 0. The topological polar surface area (TPSA) is 81.1 Å². The minimum Gasteiger partial charge on any atom is -0.474 e. The summed E-state index contributed by atoms with van der Waals surface area (Å²) in [5, 5.41) is 3.90. The Balaban J connectivity index is 1.58. The Morgan fingerprint density at radius 2 is 2.00 bits per heavy atom. The van der Waals surface area contributed by atoms with Crippen LogP contribution in [0.25, 0.3) is 0 Å². The van der Waals surface area contributed by atoms with Crippen molar-refractivity contribution in [1.82, 2.24) is 24.5 Å². The molecular formula is C15H19N5O2S. The molecule has 1 amide bonds. The molecule has 0 radical (unpaired) electrons. The Labute approximate surface area is 138 Å². The molecule has 2 aromatic rings. The van der Waals surface area contributed by atoms with Gasteiger partial charge in [-0.3, -0.25) is 4.79 Å². The number of likely N-dealkylation sites (tertiary alicyclic amines) is 1. The number of amides is 1. The largest absolute Gasteiger partial charge is 0.474 e. The number of carbonyl (C=O) groups excluding carboxylic acids is 1. The lowest BCUT2D eigenvalue weighted by atomic mass is 10.1. The molecule has 1 aliphatic rings. The van der Waals surface area contributed by atoms with Gasteiger partial charge in [0.25, 0.3) is 5.91 Å². The summed E-state index contributed by atoms with van der Waals surface area (Å²) in [7, 11) is 0. The van der Waals surface area contributed by atoms with Gasteiger partial charge in [-0.05, 0) is 32.3 Å². The number of nitrogens with zero attached hydrogens (tertiary/aromatic N) is 5. The number of hydrogen-bond acceptors (Lipinski definition) is 7. The highest BCUT2D eigenvalue weighted by Crippen LogP contribution is 2.21. The van der Waals surface area contributed by atoms with Crippen molar-refractivity contribution < 1.29 is 9.53 Å². The van der Waals surface area contributed by atoms with Crippen molar-refractivity contribution in [3.8, 4) is 5.88 Å². The van der Waals surface area contributed by atoms with Crippen LogP contribution in [0, 0.1) is 20.8 Å². The van der Waals surface area contributed by atoms with Gasteiger partial charge in [-0.25, -0.2) is 4.98 Å². The minimum atomic E-state index is 0.0182. The van der Waals surface area contributed by atoms with Crippen LogP contribution >= 0.6 is 11.5 Å². The number of rotatable bonds is 3. The van der Waals surface area contributed by atoms with Crippen molar-refractivity contribution in [3.05, 3.63) is 28.2 Å². The molecule has 0 aromatic carbocycles. The highest BCUT2D eigenvalue weighted by Gasteiger charge is 2.27. The van der Waals surface area contributed by atoms with Crippen molar-refractivity contribution in [2.75, 3.05) is 13.1 Å². The van der Waals surface area contributed by atoms with Gasteiger partial charge in [0.15, 0.2) is 0 Å². The fourth-order valence-corrected chi connectivity index (χ4v) is 3.29. The molecule has 0 bridgehead atoms. The molecule has 1 aliphatic heterocycles. The third-order valence-corrected chi connectivity index (χ3v) is 4.62. The number of aromatic nitrogens is 4. The molecule has 0 N–H and O–H groups in total. The van der Waals surface area contributed by atoms with Crippen molar-refractivity contribution in [1.29, 1.82) is 0 Å². The predicted octanol–water partition coefficient (Wildman–Crippen LogP) is 1.94. The second-order valence-corrected chi connectivity index (χ2v) is 6.45. The number of ether oxygens (including phenoxy) is 1. The van der Waals surface area contributed by atoms with Gasteiger partial charge in [0.2, 0.25) is 5.88 Å². The first kappa shape index (κ1) is 15.8. The fourth-order valence-electron chi connectivity index (χ4n) is 2.66. The van der Waals surface area contributed by atoms with Gasteiger partial charge in [0.05, 0.1) is 5.69 Å². The maximum atomic E-state index is 12.4. The summed E-state index contributed by atoms with van der Waals surface area (Å²) in [6.45, 7) is 6.93. The van der Waals surface area contributed by atoms with Gasteiger partial charge >= 0.3 is 0 Å². The van der Waals surface area contributed by atoms with Crippen molar-refractivity contribution in [2.24, 2.45) is 0 Å². The van der Waals surface area contributed by atoms with E-state index in [1.807, 2.05) is 31.7 Å². The fraction of sp³-hybridized carbons (Fsp3) is 0.533. The molecule has 23 heavy (non-hydrogen) atoms. The van der Waals surface area contributed by atoms with Crippen molar-refractivity contribution in [2.45, 2.75) is 39.7 Å². The first-order valence-electron chi connectivity index (χ1n) is 7.60. The zero-order valence-corrected chi connectivity index (χ0v) is 14.3. The lowest BCUT2D eigenvalue weighted by Gasteiger charge is -2.31. The Kier molecular flexibility index (Phi) is 4.51. The average molecular weight is 333 g/mol. The maximum Gasteiger partial charge on any atom is 0.267 e. The SMILES string of the molecule is Cc1cc(OC2CCN(C(=O)c3snnc3C)CC2)nc(C)n1. The summed E-state index contributed by atoms with van der Waals surface area (Å²) in [4.78, 5) is 23.5. The molecule has 3 heterocycles. The van der Waals surface area contributed by atoms with E-state index in [-0.39, 0.29) is 12.0 Å². The molecule has 0 unspecified atom stereocenters. The summed E-state index contributed by atoms with van der Waals surface area (Å²) < 4.78 is 9.78. The lowest BCUT2D eigenvalue weighted by molar-refractivity contribution is 0.0591. The molecule has 2 aromatic heterocycles. The lowest BCUT2D eigenvalue weighted by Crippen LogP contribution is -2.41. The quantitative estimate of drug-likeness (QED) is 0.854. The van der Waals surface area contributed by atoms with Gasteiger partial charge in [0, 0.05) is 37.7 Å². The van der Waals surface area contributed by atoms with Crippen LogP contribution in [0.5, 0.6) is 5.88 Å². The van der Waals surface area contributed by atoms with Crippen LogP contribution in [0.2, 0.25) is 0 Å². The van der Waals surface area contributed by atoms with E-state index < -0.39 is 0 Å². The molecule has 8 heteroatoms. The van der Waals surface area contributed by atoms with E-state index in [1.165, 1.54) is 0 Å². The van der Waals surface area contributed by atoms with Crippen molar-refractivity contribution >= 4 is 17.4 Å². The van der Waals surface area contributed by atoms with Crippen LogP contribution in [-0.4, -0.2) is 49.6 Å². The Hall–Kier alpha value is -2.09. The van der Waals surface area contributed by atoms with Gasteiger partial charge in [0.1, 0.15) is 16.8 Å². The first-order valence-corrected chi connectivity index (χ1v) is 8.37. The molecule has 0 atom stereocenters. The summed E-state index contributed by atoms with van der Waals surface area (Å²) in [5.41, 5.74) is 1.60. The van der Waals surface area contributed by atoms with Gasteiger partial charge in [-0.1, -0.05) is 4.49 Å². The molecule has 0 aliphatic carbocycles. The molecule has 3 rings (SSSR count). The summed E-state index contributed by atoms with van der Waals surface area (Å²) >= 11 is 1.16. The molecule has 7 nitrogen and oxygen atoms in total. The second-order valence-electron chi connectivity index (χ2n) is 5.69. The highest BCUT2D eigenvalue weighted by atomic mass is 32.1. The maximum absolute atomic E-state index is 12.4. The summed E-state index contributed by atoms with van der Waals surface area (Å²) in [5.74, 6) is 1.34. The standard InChI is InChI=1S/C15H19N5O2S/c1-9-8-13(17-11(3)16-9)22-12-4-6-20(7-5-12)15(21)14-10(2)18-19-23-14/h8,12H,4-7H2,1-3H3. The highest BCUT2D eigenvalue weighted by molar-refractivity contribution is 7.07. The van der Waals surface area contributed by atoms with Gasteiger partial charge in [-0.15, -0.1) is 5.10 Å². The van der Waals surface area contributed by atoms with E-state index in [1.54, 1.807) is 0 Å². The number of piperidine rings is 1. The van der Waals surface area contributed by atoms with E-state index in [9.17, 15) is 4.79 Å². The van der Waals surface area contributed by atoms with Crippen LogP contribution in [0.15, 0.2) is 6.07 Å². The Morgan fingerprint density at radius 1 is 1.26 bits per heavy atom. The third kappa shape index (κ3) is 3.64. The Bertz CT molecular complexity index is 689. The predicted molar refractivity (Wildman–Crippen MR) is 85.7 cm³/mol. The van der Waals surface area contributed by atoms with E-state index >= 15 is 0 Å². The molecule has 1 saturated heterocycles. The van der Waals surface area contributed by atoms with Crippen LogP contribution in [0.3, 0.4) is 0 Å². The monoisotopic (exact) mass is 333 g/mol. The van der Waals surface area contributed by atoms with E-state index in [4.69, 9.17) is 4.74 Å². The molecule has 0 saturated carbocycles. The molecule has 1 fully saturated rings. The Morgan fingerprint density at radius 3 is 2.61 bits per heavy atom. The minimum absolute atomic E-state index is 0.0182. The zero-order chi connectivity index (χ0) is 16.4. The van der Waals surface area contributed by atoms with Crippen LogP contribution in [-0.2, 0) is 0 Å². The second kappa shape index (κ2) is 6.57. The normalized spacial score (nSPS) is 15.7. The molecular weight excluding hydrogens is 314 g/mol. The van der Waals surface area contributed by atoms with E-state index in [0.717, 1.165) is 30.1 Å². The smallest absolute Gasteiger partial charge is 0.267 e. The van der Waals surface area contributed by atoms with E-state index in [0.29, 0.717) is 35.4 Å². The first-order chi connectivity index (χ1) is 11.0. The summed E-state index contributed by atoms with van der Waals surface area (Å²) in [6, 6.07) is 1.84. The van der Waals surface area contributed by atoms with Gasteiger partial charge < -0.3 is 9.64 Å². The van der Waals surface area contributed by atoms with Crippen molar-refractivity contribution in [3.63, 3.8) is 0 Å². The third-order valence-electron chi connectivity index (χ3n) is 3.80. The average Bonchev–Trinajstić information content (AvgIpc) is 2.92. The van der Waals surface area contributed by atoms with Crippen LogP contribution in [0.4, 0.5) is 0 Å².